The second kappa shape index (κ2) is 5.63. The summed E-state index contributed by atoms with van der Waals surface area (Å²) in [6, 6.07) is 9.46. The van der Waals surface area contributed by atoms with Crippen LogP contribution in [0.4, 0.5) is 11.4 Å². The van der Waals surface area contributed by atoms with E-state index in [1.54, 1.807) is 18.3 Å². The van der Waals surface area contributed by atoms with Crippen molar-refractivity contribution in [2.24, 2.45) is 0 Å². The molecule has 20 heavy (non-hydrogen) atoms. The van der Waals surface area contributed by atoms with Crippen molar-refractivity contribution in [3.05, 3.63) is 52.3 Å². The predicted molar refractivity (Wildman–Crippen MR) is 83.1 cm³/mol. The molecule has 2 aromatic rings. The SMILES string of the molecule is O=C(Nc1ccc2c(c1)NCCC2)c1ccc(Br)cn1. The number of fused-ring (bicyclic) bond motifs is 1. The molecular formula is C15H14BrN3O. The summed E-state index contributed by atoms with van der Waals surface area (Å²) in [6.45, 7) is 0.985. The fraction of sp³-hybridized carbons (Fsp3) is 0.200. The summed E-state index contributed by atoms with van der Waals surface area (Å²) in [4.78, 5) is 16.2. The Morgan fingerprint density at radius 1 is 1.30 bits per heavy atom. The van der Waals surface area contributed by atoms with Crippen molar-refractivity contribution in [2.75, 3.05) is 17.2 Å². The monoisotopic (exact) mass is 331 g/mol. The second-order valence-corrected chi connectivity index (χ2v) is 5.63. The third-order valence-electron chi connectivity index (χ3n) is 3.27. The fourth-order valence-electron chi connectivity index (χ4n) is 2.24. The lowest BCUT2D eigenvalue weighted by Gasteiger charge is -2.18. The first-order valence-electron chi connectivity index (χ1n) is 6.52. The van der Waals surface area contributed by atoms with E-state index < -0.39 is 0 Å². The van der Waals surface area contributed by atoms with Gasteiger partial charge in [-0.05, 0) is 58.6 Å². The van der Waals surface area contributed by atoms with E-state index in [1.807, 2.05) is 12.1 Å². The number of aryl methyl sites for hydroxylation is 1. The van der Waals surface area contributed by atoms with Crippen molar-refractivity contribution in [3.63, 3.8) is 0 Å². The van der Waals surface area contributed by atoms with Crippen molar-refractivity contribution in [1.29, 1.82) is 0 Å². The molecule has 1 aromatic carbocycles. The lowest BCUT2D eigenvalue weighted by Crippen LogP contribution is -2.15. The summed E-state index contributed by atoms with van der Waals surface area (Å²) in [5.41, 5.74) is 3.60. The standard InChI is InChI=1S/C15H14BrN3O/c16-11-4-6-13(18-9-11)15(20)19-12-5-3-10-2-1-7-17-14(10)8-12/h3-6,8-9,17H,1-2,7H2,(H,19,20). The molecule has 0 spiro atoms. The molecule has 4 nitrogen and oxygen atoms in total. The zero-order chi connectivity index (χ0) is 13.9. The smallest absolute Gasteiger partial charge is 0.274 e. The van der Waals surface area contributed by atoms with Crippen molar-refractivity contribution in [2.45, 2.75) is 12.8 Å². The van der Waals surface area contributed by atoms with E-state index in [0.717, 1.165) is 35.2 Å². The number of amides is 1. The first-order chi connectivity index (χ1) is 9.72. The molecule has 0 unspecified atom stereocenters. The first-order valence-corrected chi connectivity index (χ1v) is 7.31. The van der Waals surface area contributed by atoms with Crippen LogP contribution in [-0.4, -0.2) is 17.4 Å². The number of carbonyl (C=O) groups is 1. The van der Waals surface area contributed by atoms with Crippen LogP contribution in [0.1, 0.15) is 22.5 Å². The average Bonchev–Trinajstić information content (AvgIpc) is 2.48. The second-order valence-electron chi connectivity index (χ2n) is 4.72. The third kappa shape index (κ3) is 2.82. The first kappa shape index (κ1) is 13.1. The van der Waals surface area contributed by atoms with Gasteiger partial charge in [0.25, 0.3) is 5.91 Å². The van der Waals surface area contributed by atoms with E-state index >= 15 is 0 Å². The molecule has 0 radical (unpaired) electrons. The minimum absolute atomic E-state index is 0.201. The minimum Gasteiger partial charge on any atom is -0.385 e. The maximum atomic E-state index is 12.1. The maximum absolute atomic E-state index is 12.1. The Hall–Kier alpha value is -1.88. The molecule has 0 fully saturated rings. The Kier molecular flexibility index (Phi) is 3.69. The van der Waals surface area contributed by atoms with Crippen LogP contribution in [0.5, 0.6) is 0 Å². The summed E-state index contributed by atoms with van der Waals surface area (Å²) >= 11 is 3.30. The third-order valence-corrected chi connectivity index (χ3v) is 3.74. The number of aromatic nitrogens is 1. The number of rotatable bonds is 2. The molecule has 1 aromatic heterocycles. The van der Waals surface area contributed by atoms with E-state index in [0.29, 0.717) is 5.69 Å². The molecule has 5 heteroatoms. The van der Waals surface area contributed by atoms with Gasteiger partial charge in [-0.1, -0.05) is 6.07 Å². The Bertz CT molecular complexity index is 640. The van der Waals surface area contributed by atoms with Gasteiger partial charge in [0.2, 0.25) is 0 Å². The number of pyridine rings is 1. The van der Waals surface area contributed by atoms with Crippen LogP contribution in [0.15, 0.2) is 41.0 Å². The zero-order valence-electron chi connectivity index (χ0n) is 10.8. The van der Waals surface area contributed by atoms with Gasteiger partial charge in [0.15, 0.2) is 0 Å². The van der Waals surface area contributed by atoms with Gasteiger partial charge in [-0.3, -0.25) is 4.79 Å². The molecule has 0 atom stereocenters. The highest BCUT2D eigenvalue weighted by Crippen LogP contribution is 2.25. The van der Waals surface area contributed by atoms with Crippen LogP contribution in [0, 0.1) is 0 Å². The Morgan fingerprint density at radius 3 is 3.00 bits per heavy atom. The maximum Gasteiger partial charge on any atom is 0.274 e. The van der Waals surface area contributed by atoms with Crippen LogP contribution in [-0.2, 0) is 6.42 Å². The van der Waals surface area contributed by atoms with Gasteiger partial charge in [0.1, 0.15) is 5.69 Å². The zero-order valence-corrected chi connectivity index (χ0v) is 12.4. The molecule has 0 saturated carbocycles. The quantitative estimate of drug-likeness (QED) is 0.886. The highest BCUT2D eigenvalue weighted by molar-refractivity contribution is 9.10. The molecular weight excluding hydrogens is 318 g/mol. The summed E-state index contributed by atoms with van der Waals surface area (Å²) in [5.74, 6) is -0.201. The molecule has 3 rings (SSSR count). The van der Waals surface area contributed by atoms with Gasteiger partial charge >= 0.3 is 0 Å². The number of hydrogen-bond acceptors (Lipinski definition) is 3. The topological polar surface area (TPSA) is 54.0 Å². The minimum atomic E-state index is -0.201. The van der Waals surface area contributed by atoms with E-state index in [-0.39, 0.29) is 5.91 Å². The average molecular weight is 332 g/mol. The van der Waals surface area contributed by atoms with Gasteiger partial charge in [-0.2, -0.15) is 0 Å². The van der Waals surface area contributed by atoms with E-state index in [2.05, 4.69) is 37.6 Å². The number of nitrogens with zero attached hydrogens (tertiary/aromatic N) is 1. The number of nitrogens with one attached hydrogen (secondary N) is 2. The van der Waals surface area contributed by atoms with Crippen molar-refractivity contribution < 1.29 is 4.79 Å². The Labute approximate surface area is 125 Å². The number of benzene rings is 1. The largest absolute Gasteiger partial charge is 0.385 e. The van der Waals surface area contributed by atoms with Crippen LogP contribution >= 0.6 is 15.9 Å². The van der Waals surface area contributed by atoms with Crippen LogP contribution in [0.3, 0.4) is 0 Å². The van der Waals surface area contributed by atoms with Crippen LogP contribution in [0.25, 0.3) is 0 Å². The molecule has 2 heterocycles. The Balaban J connectivity index is 1.77. The summed E-state index contributed by atoms with van der Waals surface area (Å²) in [6.07, 6.45) is 3.86. The fourth-order valence-corrected chi connectivity index (χ4v) is 2.48. The lowest BCUT2D eigenvalue weighted by atomic mass is 10.0. The van der Waals surface area contributed by atoms with Gasteiger partial charge in [0.05, 0.1) is 0 Å². The van der Waals surface area contributed by atoms with E-state index in [9.17, 15) is 4.79 Å². The van der Waals surface area contributed by atoms with E-state index in [4.69, 9.17) is 0 Å². The number of carbonyl (C=O) groups excluding carboxylic acids is 1. The summed E-state index contributed by atoms with van der Waals surface area (Å²) in [7, 11) is 0. The number of anilines is 2. The summed E-state index contributed by atoms with van der Waals surface area (Å²) in [5, 5.41) is 6.22. The predicted octanol–water partition coefficient (Wildman–Crippen LogP) is 3.45. The van der Waals surface area contributed by atoms with Crippen molar-refractivity contribution in [3.8, 4) is 0 Å². The van der Waals surface area contributed by atoms with Crippen molar-refractivity contribution >= 4 is 33.2 Å². The molecule has 0 saturated heterocycles. The summed E-state index contributed by atoms with van der Waals surface area (Å²) < 4.78 is 0.854. The number of hydrogen-bond donors (Lipinski definition) is 2. The highest BCUT2D eigenvalue weighted by Gasteiger charge is 2.11. The molecule has 102 valence electrons. The molecule has 2 N–H and O–H groups in total. The van der Waals surface area contributed by atoms with Crippen molar-refractivity contribution in [1.82, 2.24) is 4.98 Å². The van der Waals surface area contributed by atoms with Gasteiger partial charge in [-0.25, -0.2) is 4.98 Å². The van der Waals surface area contributed by atoms with Gasteiger partial charge in [-0.15, -0.1) is 0 Å². The normalized spacial score (nSPS) is 13.2. The highest BCUT2D eigenvalue weighted by atomic mass is 79.9. The van der Waals surface area contributed by atoms with Gasteiger partial charge < -0.3 is 10.6 Å². The number of halogens is 1. The molecule has 1 amide bonds. The van der Waals surface area contributed by atoms with E-state index in [1.165, 1.54) is 5.56 Å². The molecule has 0 bridgehead atoms. The van der Waals surface area contributed by atoms with Gasteiger partial charge in [0, 0.05) is 28.6 Å². The van der Waals surface area contributed by atoms with Crippen LogP contribution in [0.2, 0.25) is 0 Å². The lowest BCUT2D eigenvalue weighted by molar-refractivity contribution is 0.102. The molecule has 1 aliphatic rings. The molecule has 0 aliphatic carbocycles. The van der Waals surface area contributed by atoms with Crippen LogP contribution < -0.4 is 10.6 Å². The Morgan fingerprint density at radius 2 is 2.20 bits per heavy atom. The molecule has 1 aliphatic heterocycles.